The molecule has 0 unspecified atom stereocenters. The second kappa shape index (κ2) is 14.1. The molecular weight excluding hydrogens is 548 g/mol. The molecule has 0 bridgehead atoms. The summed E-state index contributed by atoms with van der Waals surface area (Å²) in [7, 11) is 0. The zero-order valence-electron chi connectivity index (χ0n) is 31.9. The molecule has 0 aliphatic carbocycles. The van der Waals surface area contributed by atoms with Crippen LogP contribution in [0.2, 0.25) is 0 Å². The highest BCUT2D eigenvalue weighted by Crippen LogP contribution is 2.24. The molecular formula is C36H68N6O2. The van der Waals surface area contributed by atoms with Crippen LogP contribution in [-0.4, -0.2) is 103 Å². The van der Waals surface area contributed by atoms with Crippen LogP contribution in [0.25, 0.3) is 0 Å². The molecule has 44 heavy (non-hydrogen) atoms. The molecule has 8 nitrogen and oxygen atoms in total. The average molecular weight is 617 g/mol. The number of hydrogen-bond acceptors (Lipinski definition) is 6. The molecule has 2 saturated heterocycles. The molecule has 2 aliphatic heterocycles. The number of amides is 2. The number of rotatable bonds is 0. The number of hydrogen-bond donors (Lipinski definition) is 0. The topological polar surface area (TPSA) is 72.9 Å². The van der Waals surface area contributed by atoms with Crippen molar-refractivity contribution in [2.45, 2.75) is 158 Å². The molecule has 3 rings (SSSR count). The van der Waals surface area contributed by atoms with Gasteiger partial charge in [-0.1, -0.05) is 41.5 Å². The van der Waals surface area contributed by atoms with Gasteiger partial charge in [0.05, 0.1) is 0 Å². The van der Waals surface area contributed by atoms with Crippen LogP contribution in [0.4, 0.5) is 0 Å². The highest BCUT2D eigenvalue weighted by molar-refractivity contribution is 5.93. The van der Waals surface area contributed by atoms with Crippen LogP contribution in [0.3, 0.4) is 0 Å². The summed E-state index contributed by atoms with van der Waals surface area (Å²) in [5.41, 5.74) is 1.47. The van der Waals surface area contributed by atoms with Gasteiger partial charge < -0.3 is 9.80 Å². The number of aromatic nitrogens is 2. The maximum absolute atomic E-state index is 12.0. The van der Waals surface area contributed by atoms with Crippen molar-refractivity contribution < 1.29 is 9.59 Å². The monoisotopic (exact) mass is 617 g/mol. The highest BCUT2D eigenvalue weighted by Gasteiger charge is 2.39. The van der Waals surface area contributed by atoms with E-state index in [2.05, 4.69) is 103 Å². The van der Waals surface area contributed by atoms with E-state index in [1.807, 2.05) is 53.9 Å². The van der Waals surface area contributed by atoms with Crippen LogP contribution >= 0.6 is 0 Å². The van der Waals surface area contributed by atoms with E-state index in [9.17, 15) is 9.59 Å². The smallest absolute Gasteiger partial charge is 0.243 e. The lowest BCUT2D eigenvalue weighted by Crippen LogP contribution is -2.63. The fraction of sp³-hybridized carbons (Fsp3) is 0.833. The Morgan fingerprint density at radius 1 is 0.477 bits per heavy atom. The Bertz CT molecular complexity index is 976. The van der Waals surface area contributed by atoms with E-state index in [4.69, 9.17) is 0 Å². The van der Waals surface area contributed by atoms with Gasteiger partial charge >= 0.3 is 0 Å². The van der Waals surface area contributed by atoms with Gasteiger partial charge in [0.1, 0.15) is 18.9 Å². The van der Waals surface area contributed by atoms with E-state index in [0.29, 0.717) is 11.1 Å². The van der Waals surface area contributed by atoms with Crippen LogP contribution in [-0.2, 0) is 20.4 Å². The van der Waals surface area contributed by atoms with Crippen LogP contribution in [0, 0.1) is 0 Å². The predicted octanol–water partition coefficient (Wildman–Crippen LogP) is 6.53. The summed E-state index contributed by atoms with van der Waals surface area (Å²) in [6.07, 6.45) is 3.88. The van der Waals surface area contributed by atoms with Gasteiger partial charge in [-0.05, 0) is 94.1 Å². The van der Waals surface area contributed by atoms with Crippen molar-refractivity contribution in [2.24, 2.45) is 0 Å². The average Bonchev–Trinajstić information content (AvgIpc) is 2.83. The lowest BCUT2D eigenvalue weighted by Gasteiger charge is -2.46. The van der Waals surface area contributed by atoms with Crippen LogP contribution < -0.4 is 0 Å². The summed E-state index contributed by atoms with van der Waals surface area (Å²) in [4.78, 5) is 41.2. The minimum Gasteiger partial charge on any atom is -0.327 e. The van der Waals surface area contributed by atoms with Gasteiger partial charge in [0.25, 0.3) is 0 Å². The Kier molecular flexibility index (Phi) is 12.9. The third-order valence-electron chi connectivity index (χ3n) is 8.17. The van der Waals surface area contributed by atoms with Gasteiger partial charge in [-0.15, -0.1) is 0 Å². The molecule has 2 amide bonds. The molecule has 1 aromatic rings. The van der Waals surface area contributed by atoms with Crippen molar-refractivity contribution in [1.29, 1.82) is 0 Å². The summed E-state index contributed by atoms with van der Waals surface area (Å²) < 4.78 is 0. The highest BCUT2D eigenvalue weighted by atomic mass is 16.2. The number of nitrogens with zero attached hydrogens (tertiary/aromatic N) is 6. The van der Waals surface area contributed by atoms with Crippen LogP contribution in [0.5, 0.6) is 0 Å². The molecule has 254 valence electrons. The molecule has 0 N–H and O–H groups in total. The fourth-order valence-corrected chi connectivity index (χ4v) is 4.99. The van der Waals surface area contributed by atoms with Gasteiger partial charge in [0.2, 0.25) is 11.8 Å². The van der Waals surface area contributed by atoms with Crippen LogP contribution in [0.1, 0.15) is 136 Å². The third-order valence-corrected chi connectivity index (χ3v) is 8.17. The maximum atomic E-state index is 12.0. The van der Waals surface area contributed by atoms with Gasteiger partial charge in [-0.25, -0.2) is 9.97 Å². The maximum Gasteiger partial charge on any atom is 0.243 e. The third kappa shape index (κ3) is 12.4. The van der Waals surface area contributed by atoms with Gasteiger partial charge in [0, 0.05) is 66.1 Å². The Hall–Kier alpha value is -2.06. The Morgan fingerprint density at radius 2 is 0.773 bits per heavy atom. The molecule has 8 heteroatoms. The minimum absolute atomic E-state index is 0.0297. The minimum atomic E-state index is -0.281. The first-order chi connectivity index (χ1) is 19.5. The molecule has 0 radical (unpaired) electrons. The zero-order valence-corrected chi connectivity index (χ0v) is 31.9. The quantitative estimate of drug-likeness (QED) is 0.330. The van der Waals surface area contributed by atoms with E-state index in [0.717, 1.165) is 5.82 Å². The van der Waals surface area contributed by atoms with Crippen molar-refractivity contribution in [3.05, 3.63) is 23.8 Å². The number of piperazine rings is 2. The van der Waals surface area contributed by atoms with E-state index in [1.165, 1.54) is 31.7 Å². The van der Waals surface area contributed by atoms with Crippen molar-refractivity contribution in [3.63, 3.8) is 0 Å². The second-order valence-electron chi connectivity index (χ2n) is 18.4. The Balaban J connectivity index is 0.000000331. The molecule has 2 fully saturated rings. The molecule has 3 heterocycles. The van der Waals surface area contributed by atoms with Crippen LogP contribution in [0.15, 0.2) is 12.4 Å². The molecule has 0 atom stereocenters. The Labute approximate surface area is 271 Å². The summed E-state index contributed by atoms with van der Waals surface area (Å²) in [5.74, 6) is 0.967. The van der Waals surface area contributed by atoms with E-state index in [1.54, 1.807) is 9.80 Å². The van der Waals surface area contributed by atoms with Gasteiger partial charge in [-0.3, -0.25) is 19.4 Å². The predicted molar refractivity (Wildman–Crippen MR) is 185 cm³/mol. The number of carbonyl (C=O) groups is 2. The van der Waals surface area contributed by atoms with E-state index >= 15 is 0 Å². The Morgan fingerprint density at radius 3 is 0.977 bits per heavy atom. The summed E-state index contributed by atoms with van der Waals surface area (Å²) in [6, 6.07) is 0. The molecule has 0 saturated carbocycles. The summed E-state index contributed by atoms with van der Waals surface area (Å²) >= 11 is 0. The SMILES string of the molecule is CC(C)(C)N1CC(=O)N(C(C)(C)C)CC1=O.CC(C)(C)N1CCN(C(C)(C)C)CC1.CC(C)(C)c1cnc(C(C)(C)C)nc1. The van der Waals surface area contributed by atoms with Gasteiger partial charge in [-0.2, -0.15) is 0 Å². The normalized spacial score (nSPS) is 18.4. The largest absolute Gasteiger partial charge is 0.327 e. The lowest BCUT2D eigenvalue weighted by atomic mass is 9.89. The first-order valence-electron chi connectivity index (χ1n) is 16.4. The second-order valence-corrected chi connectivity index (χ2v) is 18.4. The summed E-state index contributed by atoms with van der Waals surface area (Å²) in [5, 5.41) is 0. The van der Waals surface area contributed by atoms with E-state index in [-0.39, 0.29) is 46.8 Å². The molecule has 0 spiro atoms. The first-order valence-corrected chi connectivity index (χ1v) is 16.4. The first kappa shape index (κ1) is 40.0. The zero-order chi connectivity index (χ0) is 34.7. The van der Waals surface area contributed by atoms with Crippen molar-refractivity contribution in [2.75, 3.05) is 39.3 Å². The number of carbonyl (C=O) groups excluding carboxylic acids is 2. The summed E-state index contributed by atoms with van der Waals surface area (Å²) in [6.45, 7) is 43.6. The molecule has 2 aliphatic rings. The van der Waals surface area contributed by atoms with Crippen molar-refractivity contribution >= 4 is 11.8 Å². The van der Waals surface area contributed by atoms with E-state index < -0.39 is 0 Å². The van der Waals surface area contributed by atoms with Gasteiger partial charge in [0.15, 0.2) is 0 Å². The van der Waals surface area contributed by atoms with Crippen molar-refractivity contribution in [1.82, 2.24) is 29.6 Å². The standard InChI is InChI=1S/C12H22N2O2.C12H26N2.C12H20N2/c1-11(2,3)13-7-10(16)14(8-9(13)15)12(4,5)6;1-11(2,3)13-7-9-14(10-8-13)12(4,5)6;1-11(2,3)9-7-13-10(14-8-9)12(4,5)6/h7-8H2,1-6H3;7-10H2,1-6H3;7-8H,1-6H3. The fourth-order valence-electron chi connectivity index (χ4n) is 4.99. The lowest BCUT2D eigenvalue weighted by molar-refractivity contribution is -0.158. The molecule has 1 aromatic heterocycles. The van der Waals surface area contributed by atoms with Crippen molar-refractivity contribution in [3.8, 4) is 0 Å². The molecule has 0 aromatic carbocycles.